The molecule has 118 valence electrons. The zero-order valence-electron chi connectivity index (χ0n) is 12.5. The van der Waals surface area contributed by atoms with Crippen LogP contribution >= 0.6 is 0 Å². The maximum Gasteiger partial charge on any atom is 0.311 e. The van der Waals surface area contributed by atoms with Gasteiger partial charge in [-0.15, -0.1) is 0 Å². The van der Waals surface area contributed by atoms with E-state index in [1.807, 2.05) is 0 Å². The molecule has 0 saturated carbocycles. The Morgan fingerprint density at radius 2 is 2.05 bits per heavy atom. The van der Waals surface area contributed by atoms with Crippen LogP contribution in [-0.2, 0) is 20.9 Å². The van der Waals surface area contributed by atoms with Crippen LogP contribution in [0.15, 0.2) is 4.52 Å². The molecule has 0 aromatic carbocycles. The minimum atomic E-state index is -0.931. The quantitative estimate of drug-likeness (QED) is 0.696. The molecular weight excluding hydrogens is 278 g/mol. The first-order valence-electron chi connectivity index (χ1n) is 6.80. The van der Waals surface area contributed by atoms with Gasteiger partial charge in [0.05, 0.1) is 5.41 Å². The number of carboxylic acid groups (broad SMARTS) is 1. The lowest BCUT2D eigenvalue weighted by molar-refractivity contribution is -0.149. The lowest BCUT2D eigenvalue weighted by atomic mass is 9.82. The number of hydrogen-bond donors (Lipinski definition) is 2. The Morgan fingerprint density at radius 1 is 1.38 bits per heavy atom. The minimum absolute atomic E-state index is 0.0416. The number of amides is 1. The second-order valence-electron chi connectivity index (χ2n) is 4.80. The lowest BCUT2D eigenvalue weighted by Crippen LogP contribution is -2.43. The van der Waals surface area contributed by atoms with E-state index >= 15 is 0 Å². The number of carboxylic acids is 1. The molecule has 1 amide bonds. The van der Waals surface area contributed by atoms with Gasteiger partial charge in [0.2, 0.25) is 5.91 Å². The van der Waals surface area contributed by atoms with Crippen molar-refractivity contribution in [1.82, 2.24) is 15.5 Å². The molecule has 0 aliphatic heterocycles. The molecule has 0 aliphatic carbocycles. The number of nitrogens with zero attached hydrogens (tertiary/aromatic N) is 2. The smallest absolute Gasteiger partial charge is 0.311 e. The Kier molecular flexibility index (Phi) is 6.29. The minimum Gasteiger partial charge on any atom is -0.481 e. The Bertz CT molecular complexity index is 482. The average Bonchev–Trinajstić information content (AvgIpc) is 2.86. The van der Waals surface area contributed by atoms with Crippen molar-refractivity contribution in [2.24, 2.45) is 5.41 Å². The number of carbonyl (C=O) groups excluding carboxylic acids is 1. The van der Waals surface area contributed by atoms with Gasteiger partial charge < -0.3 is 19.7 Å². The highest BCUT2D eigenvalue weighted by Crippen LogP contribution is 2.25. The van der Waals surface area contributed by atoms with Crippen LogP contribution in [0, 0.1) is 12.3 Å². The fourth-order valence-corrected chi connectivity index (χ4v) is 1.83. The molecule has 1 rings (SSSR count). The Labute approximate surface area is 122 Å². The van der Waals surface area contributed by atoms with E-state index in [1.165, 1.54) is 0 Å². The molecule has 1 aromatic rings. The SMILES string of the molecule is CCC(CC)(CNC(=O)COCc1nc(C)no1)C(=O)O. The average molecular weight is 299 g/mol. The van der Waals surface area contributed by atoms with Gasteiger partial charge in [0.15, 0.2) is 5.82 Å². The van der Waals surface area contributed by atoms with Crippen LogP contribution in [0.2, 0.25) is 0 Å². The Balaban J connectivity index is 2.34. The molecule has 0 spiro atoms. The topological polar surface area (TPSA) is 115 Å². The maximum absolute atomic E-state index is 11.6. The van der Waals surface area contributed by atoms with Crippen LogP contribution < -0.4 is 5.32 Å². The van der Waals surface area contributed by atoms with Crippen LogP contribution in [0.4, 0.5) is 0 Å². The van der Waals surface area contributed by atoms with Gasteiger partial charge >= 0.3 is 5.97 Å². The van der Waals surface area contributed by atoms with Crippen molar-refractivity contribution in [2.75, 3.05) is 13.2 Å². The number of aromatic nitrogens is 2. The third kappa shape index (κ3) is 4.82. The second kappa shape index (κ2) is 7.72. The van der Waals surface area contributed by atoms with E-state index in [4.69, 9.17) is 9.26 Å². The summed E-state index contributed by atoms with van der Waals surface area (Å²) in [6, 6.07) is 0. The lowest BCUT2D eigenvalue weighted by Gasteiger charge is -2.26. The van der Waals surface area contributed by atoms with Crippen molar-refractivity contribution >= 4 is 11.9 Å². The fourth-order valence-electron chi connectivity index (χ4n) is 1.83. The molecular formula is C13H21N3O5. The van der Waals surface area contributed by atoms with Crippen LogP contribution in [-0.4, -0.2) is 40.3 Å². The van der Waals surface area contributed by atoms with E-state index in [0.29, 0.717) is 24.6 Å². The number of hydrogen-bond acceptors (Lipinski definition) is 6. The summed E-state index contributed by atoms with van der Waals surface area (Å²) in [6.07, 6.45) is 0.891. The highest BCUT2D eigenvalue weighted by Gasteiger charge is 2.35. The molecule has 1 heterocycles. The van der Waals surface area contributed by atoms with Crippen molar-refractivity contribution in [2.45, 2.75) is 40.2 Å². The fraction of sp³-hybridized carbons (Fsp3) is 0.692. The summed E-state index contributed by atoms with van der Waals surface area (Å²) in [4.78, 5) is 26.9. The van der Waals surface area contributed by atoms with Gasteiger partial charge in [-0.1, -0.05) is 19.0 Å². The summed E-state index contributed by atoms with van der Waals surface area (Å²) >= 11 is 0. The van der Waals surface area contributed by atoms with Gasteiger partial charge in [-0.2, -0.15) is 4.98 Å². The number of aryl methyl sites for hydroxylation is 1. The van der Waals surface area contributed by atoms with Crippen LogP contribution in [0.3, 0.4) is 0 Å². The van der Waals surface area contributed by atoms with Crippen LogP contribution in [0.1, 0.15) is 38.4 Å². The Morgan fingerprint density at radius 3 is 2.52 bits per heavy atom. The molecule has 0 bridgehead atoms. The van der Waals surface area contributed by atoms with Crippen molar-refractivity contribution in [1.29, 1.82) is 0 Å². The number of rotatable bonds is 9. The molecule has 0 aliphatic rings. The van der Waals surface area contributed by atoms with Crippen LogP contribution in [0.25, 0.3) is 0 Å². The second-order valence-corrected chi connectivity index (χ2v) is 4.80. The van der Waals surface area contributed by atoms with E-state index in [0.717, 1.165) is 0 Å². The summed E-state index contributed by atoms with van der Waals surface area (Å²) in [5, 5.41) is 15.4. The zero-order valence-corrected chi connectivity index (χ0v) is 12.5. The molecule has 8 heteroatoms. The first kappa shape index (κ1) is 17.1. The van der Waals surface area contributed by atoms with E-state index < -0.39 is 11.4 Å². The number of ether oxygens (including phenoxy) is 1. The maximum atomic E-state index is 11.6. The van der Waals surface area contributed by atoms with Gasteiger partial charge in [0.25, 0.3) is 5.89 Å². The highest BCUT2D eigenvalue weighted by molar-refractivity contribution is 5.79. The first-order chi connectivity index (χ1) is 9.93. The van der Waals surface area contributed by atoms with E-state index in [9.17, 15) is 14.7 Å². The standard InChI is InChI=1S/C13H21N3O5/c1-4-13(5-2,12(18)19)8-14-10(17)6-20-7-11-15-9(3)16-21-11/h4-8H2,1-3H3,(H,14,17)(H,18,19). The summed E-state index contributed by atoms with van der Waals surface area (Å²) in [5.41, 5.74) is -0.931. The van der Waals surface area contributed by atoms with E-state index in [1.54, 1.807) is 20.8 Å². The molecule has 0 unspecified atom stereocenters. The predicted octanol–water partition coefficient (Wildman–Crippen LogP) is 0.902. The van der Waals surface area contributed by atoms with Gasteiger partial charge in [0, 0.05) is 6.54 Å². The van der Waals surface area contributed by atoms with Gasteiger partial charge in [-0.3, -0.25) is 9.59 Å². The predicted molar refractivity (Wildman–Crippen MR) is 72.4 cm³/mol. The van der Waals surface area contributed by atoms with Gasteiger partial charge in [-0.05, 0) is 19.8 Å². The summed E-state index contributed by atoms with van der Waals surface area (Å²) < 4.78 is 9.96. The third-order valence-electron chi connectivity index (χ3n) is 3.46. The van der Waals surface area contributed by atoms with E-state index in [2.05, 4.69) is 15.5 Å². The largest absolute Gasteiger partial charge is 0.481 e. The van der Waals surface area contributed by atoms with Crippen molar-refractivity contribution in [3.05, 3.63) is 11.7 Å². The molecule has 8 nitrogen and oxygen atoms in total. The van der Waals surface area contributed by atoms with E-state index in [-0.39, 0.29) is 25.7 Å². The summed E-state index contributed by atoms with van der Waals surface area (Å²) in [7, 11) is 0. The molecule has 0 atom stereocenters. The normalized spacial score (nSPS) is 11.4. The first-order valence-corrected chi connectivity index (χ1v) is 6.80. The van der Waals surface area contributed by atoms with Crippen LogP contribution in [0.5, 0.6) is 0 Å². The Hall–Kier alpha value is -1.96. The summed E-state index contributed by atoms with van der Waals surface area (Å²) in [6.45, 7) is 5.19. The number of aliphatic carboxylic acids is 1. The van der Waals surface area contributed by atoms with Crippen molar-refractivity contribution in [3.63, 3.8) is 0 Å². The van der Waals surface area contributed by atoms with Gasteiger partial charge in [-0.25, -0.2) is 0 Å². The molecule has 0 radical (unpaired) electrons. The molecule has 1 aromatic heterocycles. The number of carbonyl (C=O) groups is 2. The van der Waals surface area contributed by atoms with Crippen molar-refractivity contribution < 1.29 is 24.0 Å². The zero-order chi connectivity index (χ0) is 15.9. The molecule has 21 heavy (non-hydrogen) atoms. The molecule has 2 N–H and O–H groups in total. The highest BCUT2D eigenvalue weighted by atomic mass is 16.5. The van der Waals surface area contributed by atoms with Crippen molar-refractivity contribution in [3.8, 4) is 0 Å². The molecule has 0 saturated heterocycles. The van der Waals surface area contributed by atoms with Gasteiger partial charge in [0.1, 0.15) is 13.2 Å². The monoisotopic (exact) mass is 299 g/mol. The summed E-state index contributed by atoms with van der Waals surface area (Å²) in [5.74, 6) is -0.494. The molecule has 0 fully saturated rings. The number of nitrogens with one attached hydrogen (secondary N) is 1. The third-order valence-corrected chi connectivity index (χ3v) is 3.46.